The van der Waals surface area contributed by atoms with Gasteiger partial charge in [-0.05, 0) is 12.1 Å². The molecule has 0 bridgehead atoms. The number of carbonyl (C=O) groups is 1. The van der Waals surface area contributed by atoms with Crippen LogP contribution in [0.25, 0.3) is 0 Å². The number of thiazole rings is 1. The maximum absolute atomic E-state index is 12.7. The summed E-state index contributed by atoms with van der Waals surface area (Å²) in [7, 11) is 0. The molecule has 1 aliphatic rings. The van der Waals surface area contributed by atoms with Crippen LogP contribution in [0.2, 0.25) is 0 Å². The molecule has 1 amide bonds. The number of nitrogens with zero attached hydrogens (tertiary/aromatic N) is 3. The zero-order valence-electron chi connectivity index (χ0n) is 15.8. The van der Waals surface area contributed by atoms with Gasteiger partial charge in [0.25, 0.3) is 5.91 Å². The Bertz CT molecular complexity index is 716. The van der Waals surface area contributed by atoms with Crippen molar-refractivity contribution in [2.24, 2.45) is 0 Å². The van der Waals surface area contributed by atoms with Gasteiger partial charge in [-0.3, -0.25) is 9.69 Å². The summed E-state index contributed by atoms with van der Waals surface area (Å²) >= 11 is 1.52. The molecular weight excluding hydrogens is 346 g/mol. The van der Waals surface area contributed by atoms with E-state index in [0.29, 0.717) is 6.61 Å². The molecule has 0 atom stereocenters. The lowest BCUT2D eigenvalue weighted by Crippen LogP contribution is -2.49. The molecule has 5 nitrogen and oxygen atoms in total. The minimum Gasteiger partial charge on any atom is -0.492 e. The van der Waals surface area contributed by atoms with Gasteiger partial charge in [0.2, 0.25) is 0 Å². The molecule has 6 heteroatoms. The number of piperazine rings is 1. The second-order valence-corrected chi connectivity index (χ2v) is 8.61. The number of benzene rings is 1. The van der Waals surface area contributed by atoms with Crippen molar-refractivity contribution in [3.05, 3.63) is 46.4 Å². The van der Waals surface area contributed by atoms with Gasteiger partial charge in [-0.25, -0.2) is 4.98 Å². The summed E-state index contributed by atoms with van der Waals surface area (Å²) in [5.41, 5.74) is -0.0132. The topological polar surface area (TPSA) is 45.7 Å². The quantitative estimate of drug-likeness (QED) is 0.807. The van der Waals surface area contributed by atoms with Gasteiger partial charge >= 0.3 is 0 Å². The summed E-state index contributed by atoms with van der Waals surface area (Å²) in [6.07, 6.45) is 1.73. The van der Waals surface area contributed by atoms with Gasteiger partial charge < -0.3 is 9.64 Å². The highest BCUT2D eigenvalue weighted by atomic mass is 32.1. The summed E-state index contributed by atoms with van der Waals surface area (Å²) in [5, 5.41) is 1.01. The average molecular weight is 374 g/mol. The summed E-state index contributed by atoms with van der Waals surface area (Å²) < 4.78 is 5.76. The Labute approximate surface area is 159 Å². The normalized spacial score (nSPS) is 15.9. The number of ether oxygens (including phenoxy) is 1. The predicted molar refractivity (Wildman–Crippen MR) is 105 cm³/mol. The zero-order valence-corrected chi connectivity index (χ0v) is 16.6. The molecule has 140 valence electrons. The molecule has 1 aromatic heterocycles. The van der Waals surface area contributed by atoms with Crippen LogP contribution in [0, 0.1) is 0 Å². The summed E-state index contributed by atoms with van der Waals surface area (Å²) in [5.74, 6) is 1.01. The zero-order chi connectivity index (χ0) is 18.6. The van der Waals surface area contributed by atoms with Gasteiger partial charge in [-0.2, -0.15) is 0 Å². The number of hydrogen-bond donors (Lipinski definition) is 0. The molecule has 0 aliphatic carbocycles. The molecule has 26 heavy (non-hydrogen) atoms. The summed E-state index contributed by atoms with van der Waals surface area (Å²) in [6.45, 7) is 11.2. The van der Waals surface area contributed by atoms with E-state index >= 15 is 0 Å². The second-order valence-electron chi connectivity index (χ2n) is 7.58. The Balaban J connectivity index is 1.44. The van der Waals surface area contributed by atoms with Gasteiger partial charge in [-0.15, -0.1) is 11.3 Å². The van der Waals surface area contributed by atoms with Crippen molar-refractivity contribution in [1.82, 2.24) is 14.8 Å². The van der Waals surface area contributed by atoms with E-state index < -0.39 is 0 Å². The van der Waals surface area contributed by atoms with Crippen molar-refractivity contribution < 1.29 is 9.53 Å². The molecule has 0 spiro atoms. The van der Waals surface area contributed by atoms with Gasteiger partial charge in [0.05, 0.1) is 11.2 Å². The van der Waals surface area contributed by atoms with Crippen molar-refractivity contribution in [2.75, 3.05) is 39.3 Å². The Hall–Kier alpha value is -1.92. The number of rotatable bonds is 5. The minimum atomic E-state index is -0.0132. The third-order valence-electron chi connectivity index (χ3n) is 4.44. The van der Waals surface area contributed by atoms with Crippen LogP contribution in [0.5, 0.6) is 5.75 Å². The van der Waals surface area contributed by atoms with Crippen LogP contribution in [0.15, 0.2) is 36.5 Å². The van der Waals surface area contributed by atoms with Crippen molar-refractivity contribution in [3.63, 3.8) is 0 Å². The molecule has 2 aromatic rings. The minimum absolute atomic E-state index is 0.0132. The average Bonchev–Trinajstić information content (AvgIpc) is 3.13. The van der Waals surface area contributed by atoms with E-state index in [1.165, 1.54) is 11.3 Å². The first-order valence-electron chi connectivity index (χ1n) is 9.09. The number of amides is 1. The van der Waals surface area contributed by atoms with Gasteiger partial charge in [0.1, 0.15) is 17.2 Å². The molecule has 1 aliphatic heterocycles. The molecule has 1 fully saturated rings. The van der Waals surface area contributed by atoms with E-state index in [9.17, 15) is 4.79 Å². The SMILES string of the molecule is CC(C)(C)c1ncc(C(=O)N2CCN(CCOc3ccccc3)CC2)s1. The Kier molecular flexibility index (Phi) is 5.94. The fourth-order valence-electron chi connectivity index (χ4n) is 2.86. The molecule has 0 unspecified atom stereocenters. The molecule has 0 radical (unpaired) electrons. The molecule has 3 rings (SSSR count). The van der Waals surface area contributed by atoms with Gasteiger partial charge in [0, 0.05) is 38.1 Å². The van der Waals surface area contributed by atoms with E-state index in [2.05, 4.69) is 30.7 Å². The smallest absolute Gasteiger partial charge is 0.265 e. The molecule has 0 N–H and O–H groups in total. The first-order valence-corrected chi connectivity index (χ1v) is 9.91. The summed E-state index contributed by atoms with van der Waals surface area (Å²) in [6, 6.07) is 9.88. The first kappa shape index (κ1) is 18.9. The van der Waals surface area contributed by atoms with Crippen LogP contribution >= 0.6 is 11.3 Å². The molecule has 1 aromatic carbocycles. The third kappa shape index (κ3) is 4.83. The van der Waals surface area contributed by atoms with Crippen molar-refractivity contribution in [1.29, 1.82) is 0 Å². The summed E-state index contributed by atoms with van der Waals surface area (Å²) in [4.78, 5) is 22.2. The number of carbonyl (C=O) groups excluding carboxylic acids is 1. The number of aromatic nitrogens is 1. The second kappa shape index (κ2) is 8.18. The number of hydrogen-bond acceptors (Lipinski definition) is 5. The standard InChI is InChI=1S/C20H27N3O2S/c1-20(2,3)19-21-15-17(26-19)18(24)23-11-9-22(10-12-23)13-14-25-16-7-5-4-6-8-16/h4-8,15H,9-14H2,1-3H3. The van der Waals surface area contributed by atoms with E-state index in [1.807, 2.05) is 35.2 Å². The first-order chi connectivity index (χ1) is 12.4. The molecular formula is C20H27N3O2S. The molecule has 0 saturated carbocycles. The van der Waals surface area contributed by atoms with Crippen molar-refractivity contribution in [3.8, 4) is 5.75 Å². The van der Waals surface area contributed by atoms with E-state index in [4.69, 9.17) is 4.74 Å². The largest absolute Gasteiger partial charge is 0.492 e. The monoisotopic (exact) mass is 373 g/mol. The van der Waals surface area contributed by atoms with Crippen LogP contribution in [0.3, 0.4) is 0 Å². The van der Waals surface area contributed by atoms with E-state index in [0.717, 1.165) is 48.4 Å². The highest BCUT2D eigenvalue weighted by molar-refractivity contribution is 7.13. The van der Waals surface area contributed by atoms with Crippen LogP contribution in [0.4, 0.5) is 0 Å². The fraction of sp³-hybridized carbons (Fsp3) is 0.500. The lowest BCUT2D eigenvalue weighted by Gasteiger charge is -2.34. The Morgan fingerprint density at radius 3 is 2.46 bits per heavy atom. The van der Waals surface area contributed by atoms with Crippen LogP contribution in [-0.2, 0) is 5.41 Å². The van der Waals surface area contributed by atoms with Crippen LogP contribution in [-0.4, -0.2) is 60.0 Å². The Morgan fingerprint density at radius 2 is 1.85 bits per heavy atom. The third-order valence-corrected chi connectivity index (χ3v) is 5.85. The van der Waals surface area contributed by atoms with E-state index in [1.54, 1.807) is 6.20 Å². The lowest BCUT2D eigenvalue weighted by molar-refractivity contribution is 0.0624. The molecule has 2 heterocycles. The fourth-order valence-corrected chi connectivity index (χ4v) is 3.80. The van der Waals surface area contributed by atoms with Crippen molar-refractivity contribution >= 4 is 17.2 Å². The number of para-hydroxylation sites is 1. The van der Waals surface area contributed by atoms with Gasteiger partial charge in [0.15, 0.2) is 0 Å². The maximum Gasteiger partial charge on any atom is 0.265 e. The highest BCUT2D eigenvalue weighted by Crippen LogP contribution is 2.27. The van der Waals surface area contributed by atoms with E-state index in [-0.39, 0.29) is 11.3 Å². The predicted octanol–water partition coefficient (Wildman–Crippen LogP) is 3.28. The van der Waals surface area contributed by atoms with Gasteiger partial charge in [-0.1, -0.05) is 39.0 Å². The lowest BCUT2D eigenvalue weighted by atomic mass is 9.98. The van der Waals surface area contributed by atoms with Crippen LogP contribution < -0.4 is 4.74 Å². The Morgan fingerprint density at radius 1 is 1.15 bits per heavy atom. The van der Waals surface area contributed by atoms with Crippen LogP contribution in [0.1, 0.15) is 35.5 Å². The maximum atomic E-state index is 12.7. The van der Waals surface area contributed by atoms with Crippen molar-refractivity contribution in [2.45, 2.75) is 26.2 Å². The molecule has 1 saturated heterocycles. The highest BCUT2D eigenvalue weighted by Gasteiger charge is 2.25.